The number of carbonyl (C=O) groups excluding carboxylic acids is 4. The molecule has 10 heteroatoms. The Morgan fingerprint density at radius 1 is 0.583 bits per heavy atom. The first kappa shape index (κ1) is 35.1. The van der Waals surface area contributed by atoms with Gasteiger partial charge in [-0.1, -0.05) is 121 Å². The van der Waals surface area contributed by atoms with Gasteiger partial charge in [-0.3, -0.25) is 9.59 Å². The summed E-state index contributed by atoms with van der Waals surface area (Å²) in [7, 11) is 2.44. The van der Waals surface area contributed by atoms with Gasteiger partial charge in [0.2, 0.25) is 6.04 Å². The first-order chi connectivity index (χ1) is 23.3. The number of benzene rings is 4. The number of hydroxylamine groups is 1. The Hall–Kier alpha value is -5.77. The van der Waals surface area contributed by atoms with Gasteiger partial charge < -0.3 is 25.3 Å². The maximum Gasteiger partial charge on any atom is 0.328 e. The number of rotatable bonds is 15. The van der Waals surface area contributed by atoms with E-state index in [1.165, 1.54) is 14.2 Å². The van der Waals surface area contributed by atoms with Crippen LogP contribution in [0.15, 0.2) is 121 Å². The lowest BCUT2D eigenvalue weighted by atomic mass is 10.0. The van der Waals surface area contributed by atoms with Crippen LogP contribution < -0.4 is 10.6 Å². The molecule has 4 rings (SSSR count). The minimum Gasteiger partial charge on any atom is -0.623 e. The average Bonchev–Trinajstić information content (AvgIpc) is 3.13. The van der Waals surface area contributed by atoms with Gasteiger partial charge in [0.05, 0.1) is 20.6 Å². The summed E-state index contributed by atoms with van der Waals surface area (Å²) in [6.45, 7) is 0. The highest BCUT2D eigenvalue weighted by molar-refractivity contribution is 6.37. The number of amides is 2. The first-order valence-corrected chi connectivity index (χ1v) is 15.5. The third-order valence-corrected chi connectivity index (χ3v) is 7.76. The molecule has 0 aliphatic carbocycles. The van der Waals surface area contributed by atoms with Crippen LogP contribution in [0.4, 0.5) is 0 Å². The summed E-state index contributed by atoms with van der Waals surface area (Å²) in [5, 5.41) is 19.8. The zero-order valence-corrected chi connectivity index (χ0v) is 26.9. The third kappa shape index (κ3) is 10.1. The summed E-state index contributed by atoms with van der Waals surface area (Å²) >= 11 is 0. The van der Waals surface area contributed by atoms with Crippen LogP contribution in [-0.2, 0) is 54.3 Å². The van der Waals surface area contributed by atoms with E-state index in [0.717, 1.165) is 11.1 Å². The smallest absolute Gasteiger partial charge is 0.328 e. The topological polar surface area (TPSA) is 137 Å². The van der Waals surface area contributed by atoms with Crippen LogP contribution in [0.3, 0.4) is 0 Å². The SMILES string of the molecule is COC(=O)[C@@H](Cc1ccccc1)NC(=O)/C(Cc1ccccc1)=[N+](\[O-])[C@H](Cc1ccccc1)C(=O)N[C@H](Cc1ccccc1)C(=O)OC. The van der Waals surface area contributed by atoms with Gasteiger partial charge >= 0.3 is 17.8 Å². The highest BCUT2D eigenvalue weighted by Gasteiger charge is 2.36. The van der Waals surface area contributed by atoms with Crippen molar-refractivity contribution in [2.75, 3.05) is 14.2 Å². The van der Waals surface area contributed by atoms with E-state index in [-0.39, 0.29) is 31.4 Å². The number of nitrogens with zero attached hydrogens (tertiary/aromatic N) is 1. The van der Waals surface area contributed by atoms with E-state index in [1.807, 2.05) is 60.7 Å². The molecule has 0 bridgehead atoms. The van der Waals surface area contributed by atoms with Crippen molar-refractivity contribution in [1.82, 2.24) is 10.6 Å². The molecule has 0 saturated carbocycles. The second kappa shape index (κ2) is 17.8. The molecular formula is C38H39N3O7. The highest BCUT2D eigenvalue weighted by atomic mass is 16.5. The van der Waals surface area contributed by atoms with Crippen LogP contribution in [0, 0.1) is 5.21 Å². The molecule has 0 unspecified atom stereocenters. The van der Waals surface area contributed by atoms with E-state index in [0.29, 0.717) is 15.9 Å². The van der Waals surface area contributed by atoms with E-state index in [1.54, 1.807) is 60.7 Å². The van der Waals surface area contributed by atoms with Crippen molar-refractivity contribution in [3.63, 3.8) is 0 Å². The van der Waals surface area contributed by atoms with Crippen LogP contribution in [0.2, 0.25) is 0 Å². The summed E-state index contributed by atoms with van der Waals surface area (Å²) in [6.07, 6.45) is 0.0202. The van der Waals surface area contributed by atoms with Gasteiger partial charge in [-0.25, -0.2) is 9.59 Å². The predicted octanol–water partition coefficient (Wildman–Crippen LogP) is 3.59. The molecular weight excluding hydrogens is 610 g/mol. The van der Waals surface area contributed by atoms with Gasteiger partial charge in [-0.15, -0.1) is 0 Å². The highest BCUT2D eigenvalue weighted by Crippen LogP contribution is 2.12. The largest absolute Gasteiger partial charge is 0.623 e. The van der Waals surface area contributed by atoms with Crippen LogP contribution >= 0.6 is 0 Å². The summed E-state index contributed by atoms with van der Waals surface area (Å²) in [5.41, 5.74) is 2.54. The first-order valence-electron chi connectivity index (χ1n) is 15.5. The van der Waals surface area contributed by atoms with Crippen LogP contribution in [0.1, 0.15) is 22.3 Å². The van der Waals surface area contributed by atoms with E-state index in [9.17, 15) is 24.4 Å². The number of methoxy groups -OCH3 is 2. The fourth-order valence-electron chi connectivity index (χ4n) is 5.24. The fourth-order valence-corrected chi connectivity index (χ4v) is 5.24. The molecule has 0 spiro atoms. The van der Waals surface area contributed by atoms with Crippen molar-refractivity contribution >= 4 is 29.5 Å². The molecule has 0 saturated heterocycles. The molecule has 248 valence electrons. The van der Waals surface area contributed by atoms with Crippen molar-refractivity contribution in [2.45, 2.75) is 43.8 Å². The third-order valence-electron chi connectivity index (χ3n) is 7.76. The van der Waals surface area contributed by atoms with Crippen LogP contribution in [0.5, 0.6) is 0 Å². The van der Waals surface area contributed by atoms with Gasteiger partial charge in [0, 0.05) is 19.3 Å². The summed E-state index contributed by atoms with van der Waals surface area (Å²) in [4.78, 5) is 53.6. The normalized spacial score (nSPS) is 13.2. The Labute approximate surface area is 280 Å². The molecule has 2 N–H and O–H groups in total. The number of esters is 2. The van der Waals surface area contributed by atoms with Gasteiger partial charge in [0.25, 0.3) is 11.6 Å². The number of hydrogen-bond acceptors (Lipinski definition) is 7. The minimum atomic E-state index is -1.47. The molecule has 4 aromatic carbocycles. The lowest BCUT2D eigenvalue weighted by Crippen LogP contribution is -2.53. The molecule has 0 aliphatic heterocycles. The molecule has 10 nitrogen and oxygen atoms in total. The molecule has 0 radical (unpaired) electrons. The van der Waals surface area contributed by atoms with Crippen molar-refractivity contribution < 1.29 is 33.4 Å². The number of ether oxygens (including phenoxy) is 2. The summed E-state index contributed by atoms with van der Waals surface area (Å²) in [5.74, 6) is -2.98. The molecule has 0 aromatic heterocycles. The summed E-state index contributed by atoms with van der Waals surface area (Å²) in [6, 6.07) is 32.2. The Kier molecular flexibility index (Phi) is 13.0. The lowest BCUT2D eigenvalue weighted by molar-refractivity contribution is -0.486. The number of hydrogen-bond donors (Lipinski definition) is 2. The Bertz CT molecular complexity index is 1680. The Morgan fingerprint density at radius 2 is 0.958 bits per heavy atom. The Morgan fingerprint density at radius 3 is 1.38 bits per heavy atom. The molecule has 0 heterocycles. The summed E-state index contributed by atoms with van der Waals surface area (Å²) < 4.78 is 10.3. The molecule has 0 aliphatic rings. The Balaban J connectivity index is 1.74. The maximum absolute atomic E-state index is 14.4. The van der Waals surface area contributed by atoms with E-state index in [2.05, 4.69) is 10.6 Å². The van der Waals surface area contributed by atoms with Gasteiger partial charge in [-0.05, 0) is 22.3 Å². The van der Waals surface area contributed by atoms with E-state index >= 15 is 0 Å². The monoisotopic (exact) mass is 649 g/mol. The fraction of sp³-hybridized carbons (Fsp3) is 0.237. The predicted molar refractivity (Wildman–Crippen MR) is 181 cm³/mol. The van der Waals surface area contributed by atoms with Gasteiger partial charge in [0.15, 0.2) is 0 Å². The zero-order valence-electron chi connectivity index (χ0n) is 26.9. The molecule has 0 fully saturated rings. The van der Waals surface area contributed by atoms with Crippen molar-refractivity contribution in [2.24, 2.45) is 0 Å². The molecule has 3 atom stereocenters. The average molecular weight is 650 g/mol. The minimum absolute atomic E-state index is 0.0780. The van der Waals surface area contributed by atoms with Crippen molar-refractivity contribution in [3.8, 4) is 0 Å². The molecule has 2 amide bonds. The second-order valence-corrected chi connectivity index (χ2v) is 11.2. The number of nitrogens with one attached hydrogen (secondary N) is 2. The standard InChI is InChI=1S/C38H39N3O7/c1-47-37(44)31(23-27-15-7-3-8-16-27)39-35(42)33(25-29-19-11-5-12-20-29)41(46)34(26-30-21-13-6-14-22-30)36(43)40-32(38(45)48-2)24-28-17-9-4-10-18-28/h3-22,31-33H,23-26H2,1-2H3,(H,39,42)(H,40,43)/b41-34-/t31-,32-,33-/m1/s1. The lowest BCUT2D eigenvalue weighted by Gasteiger charge is -2.23. The maximum atomic E-state index is 14.4. The van der Waals surface area contributed by atoms with Gasteiger partial charge in [0.1, 0.15) is 12.1 Å². The van der Waals surface area contributed by atoms with Crippen molar-refractivity contribution in [1.29, 1.82) is 0 Å². The van der Waals surface area contributed by atoms with Crippen molar-refractivity contribution in [3.05, 3.63) is 149 Å². The van der Waals surface area contributed by atoms with Crippen LogP contribution in [-0.4, -0.2) is 66.5 Å². The van der Waals surface area contributed by atoms with Gasteiger partial charge in [-0.2, -0.15) is 4.74 Å². The number of carbonyl (C=O) groups is 4. The van der Waals surface area contributed by atoms with Crippen LogP contribution in [0.25, 0.3) is 0 Å². The van der Waals surface area contributed by atoms with E-state index < -0.39 is 41.9 Å². The molecule has 4 aromatic rings. The quantitative estimate of drug-likeness (QED) is 0.0661. The zero-order chi connectivity index (χ0) is 34.3. The molecule has 48 heavy (non-hydrogen) atoms. The second-order valence-electron chi connectivity index (χ2n) is 11.2. The van der Waals surface area contributed by atoms with E-state index in [4.69, 9.17) is 9.47 Å².